The van der Waals surface area contributed by atoms with E-state index in [1.165, 1.54) is 35.4 Å². The third-order valence-electron chi connectivity index (χ3n) is 9.81. The predicted molar refractivity (Wildman–Crippen MR) is 217 cm³/mol. The van der Waals surface area contributed by atoms with Crippen LogP contribution in [0.3, 0.4) is 0 Å². The molecule has 2 N–H and O–H groups in total. The molecular weight excluding hydrogens is 741 g/mol. The number of rotatable bonds is 11. The smallest absolute Gasteiger partial charge is 0.349 e. The van der Waals surface area contributed by atoms with E-state index in [9.17, 15) is 39.0 Å². The number of nitrogens with zero attached hydrogens (tertiary/aromatic N) is 2. The number of carboxylic acids is 2. The number of piperidine rings is 2. The molecule has 0 bridgehead atoms. The lowest BCUT2D eigenvalue weighted by Crippen LogP contribution is -2.45. The predicted octanol–water partition coefficient (Wildman–Crippen LogP) is 6.42. The minimum absolute atomic E-state index is 0.0332. The molecule has 4 aromatic rings. The second kappa shape index (κ2) is 22.1. The molecule has 2 aliphatic rings. The highest BCUT2D eigenvalue weighted by Crippen LogP contribution is 2.17. The Balaban J connectivity index is 0.000000209. The molecule has 6 rings (SSSR count). The van der Waals surface area contributed by atoms with Crippen molar-refractivity contribution in [3.8, 4) is 0 Å². The number of benzene rings is 4. The largest absolute Gasteiger partial charge is 0.478 e. The standard InChI is InChI=1S/C20H18O8.2C13H17NO/c1-11-3-7-13(8-4-11)19(25)27-15(17(21)22)16(18(23)24)28-20(26)14-9-5-12(2)6-10-14;2*1-11-9-14(8-7-13(11)15)10-12-5-3-2-4-6-12/h3-10,15-16H,1-2H3,(H,21,22)(H,23,24);2*2-6,11H,7-10H2,1H3. The molecular formula is C46H52N2O10. The minimum Gasteiger partial charge on any atom is -0.478 e. The van der Waals surface area contributed by atoms with Gasteiger partial charge in [0, 0.05) is 63.9 Å². The van der Waals surface area contributed by atoms with Crippen molar-refractivity contribution < 1.29 is 48.5 Å². The van der Waals surface area contributed by atoms with Gasteiger partial charge in [0.25, 0.3) is 0 Å². The Labute approximate surface area is 339 Å². The van der Waals surface area contributed by atoms with Crippen molar-refractivity contribution in [2.24, 2.45) is 11.8 Å². The second-order valence-corrected chi connectivity index (χ2v) is 14.7. The Kier molecular flexibility index (Phi) is 17.0. The molecule has 2 aliphatic heterocycles. The zero-order valence-corrected chi connectivity index (χ0v) is 33.4. The molecule has 306 valence electrons. The lowest BCUT2D eigenvalue weighted by Gasteiger charge is -2.29. The number of ether oxygens (including phenoxy) is 2. The van der Waals surface area contributed by atoms with Gasteiger partial charge in [-0.15, -0.1) is 0 Å². The van der Waals surface area contributed by atoms with Crippen LogP contribution >= 0.6 is 0 Å². The molecule has 0 amide bonds. The molecule has 12 nitrogen and oxygen atoms in total. The monoisotopic (exact) mass is 792 g/mol. The molecule has 4 atom stereocenters. The number of carboxylic acid groups (broad SMARTS) is 2. The van der Waals surface area contributed by atoms with Gasteiger partial charge >= 0.3 is 23.9 Å². The summed E-state index contributed by atoms with van der Waals surface area (Å²) in [4.78, 5) is 74.8. The fourth-order valence-electron chi connectivity index (χ4n) is 6.39. The van der Waals surface area contributed by atoms with E-state index in [4.69, 9.17) is 9.47 Å². The van der Waals surface area contributed by atoms with Crippen LogP contribution in [-0.4, -0.2) is 93.8 Å². The van der Waals surface area contributed by atoms with Crippen LogP contribution < -0.4 is 0 Å². The van der Waals surface area contributed by atoms with Gasteiger partial charge < -0.3 is 19.7 Å². The number of likely N-dealkylation sites (tertiary alicyclic amines) is 2. The zero-order valence-electron chi connectivity index (χ0n) is 33.4. The van der Waals surface area contributed by atoms with Crippen LogP contribution in [-0.2, 0) is 41.7 Å². The van der Waals surface area contributed by atoms with E-state index in [-0.39, 0.29) is 23.0 Å². The summed E-state index contributed by atoms with van der Waals surface area (Å²) in [5.41, 5.74) is 4.46. The topological polar surface area (TPSA) is 168 Å². The Hall–Kier alpha value is -5.98. The molecule has 0 aromatic heterocycles. The number of hydrogen-bond donors (Lipinski definition) is 2. The van der Waals surface area contributed by atoms with Crippen LogP contribution in [0.1, 0.15) is 69.7 Å². The highest BCUT2D eigenvalue weighted by Gasteiger charge is 2.41. The zero-order chi connectivity index (χ0) is 42.2. The number of carbonyl (C=O) groups is 6. The van der Waals surface area contributed by atoms with Gasteiger partial charge in [-0.05, 0) is 49.2 Å². The van der Waals surface area contributed by atoms with Crippen LogP contribution in [0.5, 0.6) is 0 Å². The van der Waals surface area contributed by atoms with Crippen molar-refractivity contribution in [1.29, 1.82) is 0 Å². The number of carbonyl (C=O) groups excluding carboxylic acids is 4. The SMILES string of the molecule is CC1CN(Cc2ccccc2)CCC1=O.CC1CN(Cc2ccccc2)CCC1=O.Cc1ccc(C(=O)OC(C(=O)O)C(OC(=O)c2ccc(C)cc2)C(=O)O)cc1. The van der Waals surface area contributed by atoms with Crippen molar-refractivity contribution >= 4 is 35.4 Å². The van der Waals surface area contributed by atoms with Crippen molar-refractivity contribution in [2.75, 3.05) is 26.2 Å². The average Bonchev–Trinajstić information content (AvgIpc) is 3.20. The second-order valence-electron chi connectivity index (χ2n) is 14.7. The van der Waals surface area contributed by atoms with Crippen LogP contribution in [0.25, 0.3) is 0 Å². The van der Waals surface area contributed by atoms with Gasteiger partial charge in [-0.1, -0.05) is 110 Å². The molecule has 12 heteroatoms. The maximum atomic E-state index is 12.2. The summed E-state index contributed by atoms with van der Waals surface area (Å²) in [5, 5.41) is 18.6. The normalized spacial score (nSPS) is 17.9. The third-order valence-corrected chi connectivity index (χ3v) is 9.81. The summed E-state index contributed by atoms with van der Waals surface area (Å²) >= 11 is 0. The summed E-state index contributed by atoms with van der Waals surface area (Å²) in [6, 6.07) is 32.9. The fraction of sp³-hybridized carbons (Fsp3) is 0.348. The summed E-state index contributed by atoms with van der Waals surface area (Å²) in [6.07, 6.45) is -3.01. The number of esters is 2. The number of aryl methyl sites for hydroxylation is 2. The Morgan fingerprint density at radius 1 is 0.569 bits per heavy atom. The quantitative estimate of drug-likeness (QED) is 0.160. The highest BCUT2D eigenvalue weighted by atomic mass is 16.6. The van der Waals surface area contributed by atoms with Crippen LogP contribution in [0, 0.1) is 25.7 Å². The molecule has 0 saturated carbocycles. The van der Waals surface area contributed by atoms with Gasteiger partial charge in [-0.25, -0.2) is 19.2 Å². The van der Waals surface area contributed by atoms with Gasteiger partial charge in [0.1, 0.15) is 11.6 Å². The number of ketones is 2. The van der Waals surface area contributed by atoms with Crippen LogP contribution in [0.2, 0.25) is 0 Å². The summed E-state index contributed by atoms with van der Waals surface area (Å²) < 4.78 is 9.64. The molecule has 4 unspecified atom stereocenters. The first-order chi connectivity index (χ1) is 27.7. The number of hydrogen-bond acceptors (Lipinski definition) is 10. The third kappa shape index (κ3) is 14.2. The summed E-state index contributed by atoms with van der Waals surface area (Å²) in [5.74, 6) is -4.37. The average molecular weight is 793 g/mol. The lowest BCUT2D eigenvalue weighted by molar-refractivity contribution is -0.166. The van der Waals surface area contributed by atoms with E-state index in [1.807, 2.05) is 26.0 Å². The van der Waals surface area contributed by atoms with Gasteiger partial charge in [-0.2, -0.15) is 0 Å². The molecule has 0 aliphatic carbocycles. The molecule has 2 heterocycles. The Morgan fingerprint density at radius 2 is 0.897 bits per heavy atom. The van der Waals surface area contributed by atoms with Gasteiger partial charge in [0.15, 0.2) is 0 Å². The van der Waals surface area contributed by atoms with E-state index in [1.54, 1.807) is 38.1 Å². The molecule has 2 saturated heterocycles. The maximum Gasteiger partial charge on any atom is 0.349 e. The van der Waals surface area contributed by atoms with Crippen molar-refractivity contribution in [3.05, 3.63) is 143 Å². The van der Waals surface area contributed by atoms with Crippen LogP contribution in [0.15, 0.2) is 109 Å². The lowest BCUT2D eigenvalue weighted by atomic mass is 9.98. The first kappa shape index (κ1) is 44.7. The van der Waals surface area contributed by atoms with E-state index < -0.39 is 36.1 Å². The fourth-order valence-corrected chi connectivity index (χ4v) is 6.39. The maximum absolute atomic E-state index is 12.2. The van der Waals surface area contributed by atoms with E-state index in [0.29, 0.717) is 24.4 Å². The van der Waals surface area contributed by atoms with Crippen molar-refractivity contribution in [3.63, 3.8) is 0 Å². The highest BCUT2D eigenvalue weighted by molar-refractivity contribution is 5.95. The Morgan fingerprint density at radius 3 is 1.19 bits per heavy atom. The number of aliphatic carboxylic acids is 2. The van der Waals surface area contributed by atoms with E-state index >= 15 is 0 Å². The summed E-state index contributed by atoms with van der Waals surface area (Å²) in [7, 11) is 0. The van der Waals surface area contributed by atoms with Crippen molar-refractivity contribution in [1.82, 2.24) is 9.80 Å². The van der Waals surface area contributed by atoms with Gasteiger partial charge in [-0.3, -0.25) is 19.4 Å². The Bertz CT molecular complexity index is 1840. The molecule has 0 radical (unpaired) electrons. The number of Topliss-reactive ketones (excluding diaryl/α,β-unsaturated/α-hetero) is 2. The van der Waals surface area contributed by atoms with E-state index in [0.717, 1.165) is 50.4 Å². The molecule has 58 heavy (non-hydrogen) atoms. The first-order valence-electron chi connectivity index (χ1n) is 19.3. The summed E-state index contributed by atoms with van der Waals surface area (Å²) in [6.45, 7) is 13.2. The van der Waals surface area contributed by atoms with Crippen molar-refractivity contribution in [2.45, 2.75) is 65.8 Å². The van der Waals surface area contributed by atoms with Gasteiger partial charge in [0.2, 0.25) is 12.2 Å². The van der Waals surface area contributed by atoms with Gasteiger partial charge in [0.05, 0.1) is 11.1 Å². The van der Waals surface area contributed by atoms with E-state index in [2.05, 4.69) is 58.3 Å². The molecule has 2 fully saturated rings. The first-order valence-corrected chi connectivity index (χ1v) is 19.3. The van der Waals surface area contributed by atoms with Crippen LogP contribution in [0.4, 0.5) is 0 Å². The minimum atomic E-state index is -2.22. The molecule has 4 aromatic carbocycles. The molecule has 0 spiro atoms.